The first-order valence-electron chi connectivity index (χ1n) is 9.85. The topological polar surface area (TPSA) is 94.7 Å². The molecular formula is C21H26N2O5. The van der Waals surface area contributed by atoms with Gasteiger partial charge in [0.05, 0.1) is 30.5 Å². The minimum absolute atomic E-state index is 0.0108. The van der Waals surface area contributed by atoms with Crippen LogP contribution in [0.5, 0.6) is 5.75 Å². The van der Waals surface area contributed by atoms with Gasteiger partial charge in [0.1, 0.15) is 17.5 Å². The van der Waals surface area contributed by atoms with Gasteiger partial charge in [-0.05, 0) is 64.0 Å². The Labute approximate surface area is 164 Å². The molecule has 7 heteroatoms. The number of aromatic nitrogens is 2. The molecule has 7 nitrogen and oxygen atoms in total. The van der Waals surface area contributed by atoms with Crippen LogP contribution < -0.4 is 4.74 Å². The van der Waals surface area contributed by atoms with Gasteiger partial charge in [-0.25, -0.2) is 4.98 Å². The Hall–Kier alpha value is -2.41. The summed E-state index contributed by atoms with van der Waals surface area (Å²) in [5.41, 5.74) is 1.89. The molecule has 2 aliphatic carbocycles. The van der Waals surface area contributed by atoms with Crippen LogP contribution in [-0.2, 0) is 16.1 Å². The number of carbonyl (C=O) groups is 1. The van der Waals surface area contributed by atoms with Gasteiger partial charge in [0.15, 0.2) is 5.76 Å². The fourth-order valence-electron chi connectivity index (χ4n) is 4.11. The lowest BCUT2D eigenvalue weighted by atomic mass is 9.87. The van der Waals surface area contributed by atoms with E-state index in [1.807, 2.05) is 19.9 Å². The highest BCUT2D eigenvalue weighted by molar-refractivity contribution is 5.73. The third kappa shape index (κ3) is 3.76. The van der Waals surface area contributed by atoms with Crippen molar-refractivity contribution < 1.29 is 23.9 Å². The fraction of sp³-hybridized carbons (Fsp3) is 0.571. The van der Waals surface area contributed by atoms with Crippen LogP contribution in [-0.4, -0.2) is 33.4 Å². The summed E-state index contributed by atoms with van der Waals surface area (Å²) >= 11 is 0. The van der Waals surface area contributed by atoms with E-state index in [0.29, 0.717) is 46.7 Å². The van der Waals surface area contributed by atoms with Crippen LogP contribution in [0.2, 0.25) is 0 Å². The Morgan fingerprint density at radius 3 is 2.82 bits per heavy atom. The lowest BCUT2D eigenvalue weighted by molar-refractivity contribution is -0.154. The van der Waals surface area contributed by atoms with Crippen molar-refractivity contribution in [2.45, 2.75) is 58.8 Å². The maximum Gasteiger partial charge on any atom is 0.309 e. The van der Waals surface area contributed by atoms with Gasteiger partial charge < -0.3 is 19.1 Å². The molecule has 4 rings (SSSR count). The molecule has 4 atom stereocenters. The molecule has 1 N–H and O–H groups in total. The van der Waals surface area contributed by atoms with Crippen molar-refractivity contribution in [1.29, 1.82) is 0 Å². The van der Waals surface area contributed by atoms with Crippen molar-refractivity contribution in [3.63, 3.8) is 0 Å². The van der Waals surface area contributed by atoms with E-state index in [1.165, 1.54) is 0 Å². The van der Waals surface area contributed by atoms with Gasteiger partial charge >= 0.3 is 5.97 Å². The Morgan fingerprint density at radius 1 is 1.32 bits per heavy atom. The fourth-order valence-corrected chi connectivity index (χ4v) is 4.11. The van der Waals surface area contributed by atoms with Crippen molar-refractivity contribution >= 4 is 5.97 Å². The van der Waals surface area contributed by atoms with Gasteiger partial charge in [-0.3, -0.25) is 4.79 Å². The quantitative estimate of drug-likeness (QED) is 0.761. The predicted octanol–water partition coefficient (Wildman–Crippen LogP) is 3.28. The number of carbonyl (C=O) groups excluding carboxylic acids is 1. The molecule has 2 saturated carbocycles. The van der Waals surface area contributed by atoms with Crippen molar-refractivity contribution in [2.24, 2.45) is 17.8 Å². The highest BCUT2D eigenvalue weighted by Gasteiger charge is 2.51. The van der Waals surface area contributed by atoms with Gasteiger partial charge in [-0.15, -0.1) is 0 Å². The third-order valence-electron chi connectivity index (χ3n) is 5.64. The van der Waals surface area contributed by atoms with Gasteiger partial charge in [0, 0.05) is 5.56 Å². The Balaban J connectivity index is 1.43. The molecule has 0 saturated heterocycles. The molecule has 28 heavy (non-hydrogen) atoms. The average molecular weight is 386 g/mol. The molecule has 0 radical (unpaired) electrons. The lowest BCUT2D eigenvalue weighted by Gasteiger charge is -2.28. The van der Waals surface area contributed by atoms with E-state index >= 15 is 0 Å². The second kappa shape index (κ2) is 7.54. The molecule has 1 unspecified atom stereocenters. The van der Waals surface area contributed by atoms with E-state index in [4.69, 9.17) is 14.0 Å². The number of fused-ring (bicyclic) bond motifs is 1. The third-order valence-corrected chi connectivity index (χ3v) is 5.64. The first kappa shape index (κ1) is 18.9. The highest BCUT2D eigenvalue weighted by Crippen LogP contribution is 2.52. The molecule has 2 aliphatic rings. The molecule has 0 aliphatic heterocycles. The van der Waals surface area contributed by atoms with E-state index in [9.17, 15) is 9.90 Å². The van der Waals surface area contributed by atoms with Crippen LogP contribution in [0.25, 0.3) is 11.5 Å². The second-order valence-corrected chi connectivity index (χ2v) is 8.08. The number of ether oxygens (including phenoxy) is 2. The average Bonchev–Trinajstić information content (AvgIpc) is 3.36. The van der Waals surface area contributed by atoms with Crippen molar-refractivity contribution in [2.75, 3.05) is 0 Å². The summed E-state index contributed by atoms with van der Waals surface area (Å²) in [4.78, 5) is 16.7. The second-order valence-electron chi connectivity index (χ2n) is 8.08. The summed E-state index contributed by atoms with van der Waals surface area (Å²) in [6, 6.07) is 3.64. The van der Waals surface area contributed by atoms with Gasteiger partial charge in [0.25, 0.3) is 0 Å². The van der Waals surface area contributed by atoms with Gasteiger partial charge in [-0.2, -0.15) is 0 Å². The summed E-state index contributed by atoms with van der Waals surface area (Å²) in [5, 5.41) is 13.4. The molecule has 150 valence electrons. The van der Waals surface area contributed by atoms with Crippen LogP contribution in [0, 0.1) is 24.7 Å². The van der Waals surface area contributed by atoms with E-state index in [1.54, 1.807) is 19.2 Å². The summed E-state index contributed by atoms with van der Waals surface area (Å²) in [5.74, 6) is 2.01. The van der Waals surface area contributed by atoms with Crippen LogP contribution in [0.15, 0.2) is 22.9 Å². The van der Waals surface area contributed by atoms with Crippen molar-refractivity contribution in [1.82, 2.24) is 10.1 Å². The Morgan fingerprint density at radius 2 is 2.14 bits per heavy atom. The number of hydrogen-bond acceptors (Lipinski definition) is 7. The van der Waals surface area contributed by atoms with E-state index in [2.05, 4.69) is 10.1 Å². The number of aliphatic hydroxyl groups is 1. The van der Waals surface area contributed by atoms with Crippen molar-refractivity contribution in [3.8, 4) is 17.2 Å². The molecular weight excluding hydrogens is 360 g/mol. The first-order chi connectivity index (χ1) is 13.5. The zero-order valence-corrected chi connectivity index (χ0v) is 16.4. The predicted molar refractivity (Wildman–Crippen MR) is 100 cm³/mol. The van der Waals surface area contributed by atoms with E-state index < -0.39 is 0 Å². The number of rotatable bonds is 6. The molecule has 0 amide bonds. The SMILES string of the molecule is Cc1noc(-c2ccc(O[C@@H]3C[C@H](C(=O)OC(C)C)CC4C[C@@H]43)cn2)c1CO. The number of esters is 1. The lowest BCUT2D eigenvalue weighted by Crippen LogP contribution is -2.33. The summed E-state index contributed by atoms with van der Waals surface area (Å²) in [6.45, 7) is 5.38. The normalized spacial score (nSPS) is 26.0. The number of nitrogens with zero attached hydrogens (tertiary/aromatic N) is 2. The summed E-state index contributed by atoms with van der Waals surface area (Å²) in [6.07, 6.45) is 4.27. The number of aliphatic hydroxyl groups excluding tert-OH is 1. The first-order valence-corrected chi connectivity index (χ1v) is 9.85. The maximum absolute atomic E-state index is 12.3. The van der Waals surface area contributed by atoms with Crippen molar-refractivity contribution in [3.05, 3.63) is 29.6 Å². The highest BCUT2D eigenvalue weighted by atomic mass is 16.5. The molecule has 2 heterocycles. The number of aryl methyl sites for hydroxylation is 1. The number of pyridine rings is 1. The van der Waals surface area contributed by atoms with E-state index in [0.717, 1.165) is 12.8 Å². The van der Waals surface area contributed by atoms with Crippen LogP contribution in [0.1, 0.15) is 44.4 Å². The van der Waals surface area contributed by atoms with E-state index in [-0.39, 0.29) is 30.7 Å². The zero-order chi connectivity index (χ0) is 19.8. The van der Waals surface area contributed by atoms with Crippen LogP contribution >= 0.6 is 0 Å². The number of hydrogen-bond donors (Lipinski definition) is 1. The zero-order valence-electron chi connectivity index (χ0n) is 16.4. The Kier molecular flexibility index (Phi) is 5.10. The van der Waals surface area contributed by atoms with Gasteiger partial charge in [-0.1, -0.05) is 5.16 Å². The molecule has 2 fully saturated rings. The molecule has 0 spiro atoms. The Bertz CT molecular complexity index is 845. The standard InChI is InChI=1S/C21H26N2O5/c1-11(2)26-21(25)14-6-13-7-16(13)19(8-14)27-15-4-5-18(22-9-15)20-17(10-24)12(3)23-28-20/h4-5,9,11,13-14,16,19,24H,6-8,10H2,1-3H3/t13?,14-,16+,19-/m1/s1. The minimum Gasteiger partial charge on any atom is -0.488 e. The molecule has 0 aromatic carbocycles. The van der Waals surface area contributed by atoms with Crippen LogP contribution in [0.3, 0.4) is 0 Å². The van der Waals surface area contributed by atoms with Crippen LogP contribution in [0.4, 0.5) is 0 Å². The summed E-state index contributed by atoms with van der Waals surface area (Å²) < 4.78 is 16.9. The largest absolute Gasteiger partial charge is 0.488 e. The maximum atomic E-state index is 12.3. The molecule has 0 bridgehead atoms. The minimum atomic E-state index is -0.149. The molecule has 2 aromatic heterocycles. The molecule has 2 aromatic rings. The monoisotopic (exact) mass is 386 g/mol. The van der Waals surface area contributed by atoms with Gasteiger partial charge in [0.2, 0.25) is 0 Å². The summed E-state index contributed by atoms with van der Waals surface area (Å²) in [7, 11) is 0. The smallest absolute Gasteiger partial charge is 0.309 e.